The highest BCUT2D eigenvalue weighted by molar-refractivity contribution is 5.78. The summed E-state index contributed by atoms with van der Waals surface area (Å²) >= 11 is 0. The van der Waals surface area contributed by atoms with Gasteiger partial charge >= 0.3 is 0 Å². The number of nitrogens with zero attached hydrogens (tertiary/aromatic N) is 2. The molecule has 1 N–H and O–H groups in total. The summed E-state index contributed by atoms with van der Waals surface area (Å²) in [5, 5.41) is 7.43. The van der Waals surface area contributed by atoms with Crippen molar-refractivity contribution in [3.05, 3.63) is 52.3 Å². The number of rotatable bonds is 5. The van der Waals surface area contributed by atoms with Crippen LogP contribution < -0.4 is 5.32 Å². The molecule has 0 spiro atoms. The third kappa shape index (κ3) is 3.72. The Bertz CT molecular complexity index is 643. The van der Waals surface area contributed by atoms with Gasteiger partial charge in [0.2, 0.25) is 5.91 Å². The molecule has 0 fully saturated rings. The molecule has 1 heterocycles. The molecule has 0 atom stereocenters. The number of carbonyl (C=O) groups is 1. The van der Waals surface area contributed by atoms with E-state index >= 15 is 0 Å². The molecule has 0 aliphatic rings. The number of hydrogen-bond donors (Lipinski definition) is 1. The minimum atomic E-state index is 0.0579. The second kappa shape index (κ2) is 6.57. The van der Waals surface area contributed by atoms with Gasteiger partial charge in [0.15, 0.2) is 0 Å². The van der Waals surface area contributed by atoms with E-state index in [0.717, 1.165) is 16.8 Å². The number of amides is 1. The topological polar surface area (TPSA) is 46.9 Å². The van der Waals surface area contributed by atoms with Crippen LogP contribution in [0.25, 0.3) is 0 Å². The van der Waals surface area contributed by atoms with Gasteiger partial charge in [-0.15, -0.1) is 0 Å². The summed E-state index contributed by atoms with van der Waals surface area (Å²) in [6, 6.07) is 7.98. The highest BCUT2D eigenvalue weighted by Gasteiger charge is 2.08. The Morgan fingerprint density at radius 3 is 2.52 bits per heavy atom. The fourth-order valence-corrected chi connectivity index (χ4v) is 2.35. The number of hydrogen-bond acceptors (Lipinski definition) is 2. The van der Waals surface area contributed by atoms with Crippen LogP contribution in [0.1, 0.15) is 28.1 Å². The summed E-state index contributed by atoms with van der Waals surface area (Å²) in [5.74, 6) is 0.0579. The Balaban J connectivity index is 1.85. The molecule has 0 bridgehead atoms. The van der Waals surface area contributed by atoms with E-state index in [9.17, 15) is 4.79 Å². The van der Waals surface area contributed by atoms with Crippen molar-refractivity contribution in [3.8, 4) is 0 Å². The number of nitrogens with one attached hydrogen (secondary N) is 1. The third-order valence-corrected chi connectivity index (χ3v) is 4.00. The van der Waals surface area contributed by atoms with Crippen LogP contribution in [0.4, 0.5) is 0 Å². The Labute approximate surface area is 126 Å². The van der Waals surface area contributed by atoms with Gasteiger partial charge in [-0.2, -0.15) is 5.10 Å². The summed E-state index contributed by atoms with van der Waals surface area (Å²) in [4.78, 5) is 12.0. The van der Waals surface area contributed by atoms with Crippen LogP contribution in [-0.2, 0) is 17.8 Å². The van der Waals surface area contributed by atoms with E-state index in [1.807, 2.05) is 42.8 Å². The SMILES string of the molecule is Cc1ccccc1CC(=O)NCCn1nc(C)c(C)c1C. The van der Waals surface area contributed by atoms with Crippen molar-refractivity contribution < 1.29 is 4.79 Å². The summed E-state index contributed by atoms with van der Waals surface area (Å²) in [6.07, 6.45) is 0.433. The first-order chi connectivity index (χ1) is 9.99. The predicted molar refractivity (Wildman–Crippen MR) is 84.3 cm³/mol. The normalized spacial score (nSPS) is 10.7. The van der Waals surface area contributed by atoms with E-state index < -0.39 is 0 Å². The molecular formula is C17H23N3O. The molecule has 1 amide bonds. The van der Waals surface area contributed by atoms with E-state index in [1.54, 1.807) is 0 Å². The van der Waals surface area contributed by atoms with Crippen LogP contribution in [0.15, 0.2) is 24.3 Å². The zero-order valence-corrected chi connectivity index (χ0v) is 13.2. The molecule has 21 heavy (non-hydrogen) atoms. The van der Waals surface area contributed by atoms with Gasteiger partial charge in [-0.25, -0.2) is 0 Å². The lowest BCUT2D eigenvalue weighted by atomic mass is 10.1. The lowest BCUT2D eigenvalue weighted by Gasteiger charge is -2.08. The maximum atomic E-state index is 12.0. The van der Waals surface area contributed by atoms with Crippen LogP contribution in [0.2, 0.25) is 0 Å². The highest BCUT2D eigenvalue weighted by atomic mass is 16.1. The van der Waals surface area contributed by atoms with Gasteiger partial charge in [0.05, 0.1) is 18.7 Å². The molecule has 2 aromatic rings. The second-order valence-corrected chi connectivity index (χ2v) is 5.47. The van der Waals surface area contributed by atoms with Gasteiger partial charge in [-0.05, 0) is 44.4 Å². The zero-order valence-electron chi connectivity index (χ0n) is 13.2. The van der Waals surface area contributed by atoms with Crippen LogP contribution in [0.5, 0.6) is 0 Å². The first-order valence-electron chi connectivity index (χ1n) is 7.31. The second-order valence-electron chi connectivity index (χ2n) is 5.47. The standard InChI is InChI=1S/C17H23N3O/c1-12-7-5-6-8-16(12)11-17(21)18-9-10-20-15(4)13(2)14(3)19-20/h5-8H,9-11H2,1-4H3,(H,18,21). The number of benzene rings is 1. The van der Waals surface area contributed by atoms with Crippen molar-refractivity contribution in [1.82, 2.24) is 15.1 Å². The summed E-state index contributed by atoms with van der Waals surface area (Å²) < 4.78 is 1.96. The van der Waals surface area contributed by atoms with Gasteiger partial charge in [0.1, 0.15) is 0 Å². The molecule has 2 rings (SSSR count). The highest BCUT2D eigenvalue weighted by Crippen LogP contribution is 2.10. The van der Waals surface area contributed by atoms with Crippen molar-refractivity contribution in [3.63, 3.8) is 0 Å². The maximum Gasteiger partial charge on any atom is 0.224 e. The number of aryl methyl sites for hydroxylation is 2. The van der Waals surface area contributed by atoms with Gasteiger partial charge < -0.3 is 5.32 Å². The zero-order chi connectivity index (χ0) is 15.4. The quantitative estimate of drug-likeness (QED) is 0.917. The van der Waals surface area contributed by atoms with Crippen LogP contribution in [0.3, 0.4) is 0 Å². The molecule has 0 aliphatic carbocycles. The van der Waals surface area contributed by atoms with Gasteiger partial charge in [-0.1, -0.05) is 24.3 Å². The molecule has 112 valence electrons. The summed E-state index contributed by atoms with van der Waals surface area (Å²) in [7, 11) is 0. The van der Waals surface area contributed by atoms with Crippen molar-refractivity contribution >= 4 is 5.91 Å². The molecule has 4 heteroatoms. The average molecular weight is 285 g/mol. The first kappa shape index (κ1) is 15.3. The molecule has 0 saturated carbocycles. The molecular weight excluding hydrogens is 262 g/mol. The van der Waals surface area contributed by atoms with Crippen molar-refractivity contribution in [2.45, 2.75) is 40.7 Å². The lowest BCUT2D eigenvalue weighted by molar-refractivity contribution is -0.120. The first-order valence-corrected chi connectivity index (χ1v) is 7.31. The number of aromatic nitrogens is 2. The van der Waals surface area contributed by atoms with E-state index in [1.165, 1.54) is 11.3 Å². The summed E-state index contributed by atoms with van der Waals surface area (Å²) in [6.45, 7) is 9.48. The van der Waals surface area contributed by atoms with Crippen LogP contribution in [-0.4, -0.2) is 22.2 Å². The van der Waals surface area contributed by atoms with E-state index in [0.29, 0.717) is 19.5 Å². The minimum Gasteiger partial charge on any atom is -0.354 e. The van der Waals surface area contributed by atoms with Gasteiger partial charge in [0, 0.05) is 12.2 Å². The van der Waals surface area contributed by atoms with Crippen molar-refractivity contribution in [2.24, 2.45) is 0 Å². The molecule has 0 unspecified atom stereocenters. The Morgan fingerprint density at radius 1 is 1.19 bits per heavy atom. The minimum absolute atomic E-state index is 0.0579. The lowest BCUT2D eigenvalue weighted by Crippen LogP contribution is -2.29. The van der Waals surface area contributed by atoms with Crippen molar-refractivity contribution in [2.75, 3.05) is 6.54 Å². The van der Waals surface area contributed by atoms with Crippen molar-refractivity contribution in [1.29, 1.82) is 0 Å². The van der Waals surface area contributed by atoms with Gasteiger partial charge in [0.25, 0.3) is 0 Å². The molecule has 1 aromatic heterocycles. The fourth-order valence-electron chi connectivity index (χ4n) is 2.35. The molecule has 0 radical (unpaired) electrons. The monoisotopic (exact) mass is 285 g/mol. The smallest absolute Gasteiger partial charge is 0.224 e. The van der Waals surface area contributed by atoms with Crippen LogP contribution in [0, 0.1) is 27.7 Å². The largest absolute Gasteiger partial charge is 0.354 e. The predicted octanol–water partition coefficient (Wildman–Crippen LogP) is 2.48. The Hall–Kier alpha value is -2.10. The van der Waals surface area contributed by atoms with Gasteiger partial charge in [-0.3, -0.25) is 9.48 Å². The molecule has 0 saturated heterocycles. The molecule has 0 aliphatic heterocycles. The molecule has 1 aromatic carbocycles. The van der Waals surface area contributed by atoms with E-state index in [2.05, 4.69) is 24.3 Å². The maximum absolute atomic E-state index is 12.0. The number of carbonyl (C=O) groups excluding carboxylic acids is 1. The Morgan fingerprint density at radius 2 is 1.90 bits per heavy atom. The van der Waals surface area contributed by atoms with E-state index in [4.69, 9.17) is 0 Å². The summed E-state index contributed by atoms with van der Waals surface area (Å²) in [5.41, 5.74) is 5.68. The molecule has 4 nitrogen and oxygen atoms in total. The third-order valence-electron chi connectivity index (χ3n) is 4.00. The van der Waals surface area contributed by atoms with Crippen LogP contribution >= 0.6 is 0 Å². The van der Waals surface area contributed by atoms with E-state index in [-0.39, 0.29) is 5.91 Å². The average Bonchev–Trinajstić information content (AvgIpc) is 2.69. The fraction of sp³-hybridized carbons (Fsp3) is 0.412. The Kier molecular flexibility index (Phi) is 4.78.